The molecule has 3 fully saturated rings. The number of aromatic nitrogens is 5. The number of carbonyl (C=O) groups excluding carboxylic acids is 3. The number of H-pyrrole nitrogens is 1. The van der Waals surface area contributed by atoms with Crippen LogP contribution in [0.1, 0.15) is 29.6 Å². The molecule has 0 aliphatic carbocycles. The smallest absolute Gasteiger partial charge is 0.328 e. The van der Waals surface area contributed by atoms with Crippen molar-refractivity contribution in [2.75, 3.05) is 74.0 Å². The number of fused-ring (bicyclic) bond motifs is 1. The third kappa shape index (κ3) is 8.06. The third-order valence-corrected chi connectivity index (χ3v) is 11.3. The van der Waals surface area contributed by atoms with Crippen molar-refractivity contribution in [3.05, 3.63) is 78.8 Å². The number of imide groups is 1. The molecule has 1 unspecified atom stereocenters. The van der Waals surface area contributed by atoms with Gasteiger partial charge >= 0.3 is 6.03 Å². The van der Waals surface area contributed by atoms with Crippen LogP contribution in [0.15, 0.2) is 73.2 Å². The van der Waals surface area contributed by atoms with E-state index in [0.717, 1.165) is 55.9 Å². The highest BCUT2D eigenvalue weighted by atomic mass is 32.2. The quantitative estimate of drug-likeness (QED) is 0.0859. The van der Waals surface area contributed by atoms with E-state index in [4.69, 9.17) is 4.98 Å². The van der Waals surface area contributed by atoms with Crippen molar-refractivity contribution < 1.29 is 23.1 Å². The van der Waals surface area contributed by atoms with E-state index in [1.807, 2.05) is 30.3 Å². The van der Waals surface area contributed by atoms with E-state index >= 15 is 0 Å². The minimum atomic E-state index is -2.12. The number of hydrogen-bond donors (Lipinski definition) is 5. The van der Waals surface area contributed by atoms with Gasteiger partial charge in [0.2, 0.25) is 23.1 Å². The van der Waals surface area contributed by atoms with E-state index in [9.17, 15) is 28.4 Å². The highest BCUT2D eigenvalue weighted by Gasteiger charge is 2.48. The Morgan fingerprint density at radius 2 is 1.74 bits per heavy atom. The minimum absolute atomic E-state index is 0.138. The van der Waals surface area contributed by atoms with Crippen LogP contribution in [0.4, 0.5) is 27.8 Å². The number of amides is 4. The number of piperazine rings is 1. The molecule has 18 nitrogen and oxygen atoms in total. The summed E-state index contributed by atoms with van der Waals surface area (Å²) in [5.41, 5.74) is 4.33. The first-order valence-electron chi connectivity index (χ1n) is 18.7. The number of nitrogens with zero attached hydrogens (tertiary/aromatic N) is 9. The highest BCUT2D eigenvalue weighted by molar-refractivity contribution is 7.76. The van der Waals surface area contributed by atoms with Gasteiger partial charge in [-0.15, -0.1) is 0 Å². The summed E-state index contributed by atoms with van der Waals surface area (Å²) in [5, 5.41) is 23.4. The Hall–Kier alpha value is -6.20. The number of hydrogen-bond acceptors (Lipinski definition) is 11. The lowest BCUT2D eigenvalue weighted by Gasteiger charge is -2.46. The molecule has 8 rings (SSSR count). The van der Waals surface area contributed by atoms with Crippen LogP contribution in [0, 0.1) is 11.3 Å². The number of carbonyl (C=O) groups is 3. The molecule has 0 bridgehead atoms. The fourth-order valence-electron chi connectivity index (χ4n) is 7.45. The second-order valence-corrected chi connectivity index (χ2v) is 15.3. The Morgan fingerprint density at radius 3 is 2.46 bits per heavy atom. The van der Waals surface area contributed by atoms with E-state index < -0.39 is 16.8 Å². The fraction of sp³-hybridized carbons (Fsp3) is 0.342. The molecular weight excluding hydrogens is 751 g/mol. The number of anilines is 4. The summed E-state index contributed by atoms with van der Waals surface area (Å²) < 4.78 is 24.1. The number of urea groups is 1. The van der Waals surface area contributed by atoms with Gasteiger partial charge in [0.1, 0.15) is 11.2 Å². The van der Waals surface area contributed by atoms with Gasteiger partial charge in [0.25, 0.3) is 5.91 Å². The Bertz CT molecular complexity index is 2340. The molecule has 4 amide bonds. The molecule has 3 aliphatic rings. The molecule has 3 aromatic heterocycles. The molecule has 0 radical (unpaired) electrons. The summed E-state index contributed by atoms with van der Waals surface area (Å²) in [7, 11) is 0. The van der Waals surface area contributed by atoms with Crippen LogP contribution in [0.5, 0.6) is 0 Å². The molecule has 19 heteroatoms. The van der Waals surface area contributed by atoms with Crippen molar-refractivity contribution in [1.82, 2.24) is 44.6 Å². The molecule has 1 atom stereocenters. The summed E-state index contributed by atoms with van der Waals surface area (Å²) in [6.45, 7) is 5.82. The van der Waals surface area contributed by atoms with Crippen LogP contribution in [0.3, 0.4) is 0 Å². The zero-order valence-corrected chi connectivity index (χ0v) is 31.7. The first kappa shape index (κ1) is 37.7. The SMILES string of the molecule is N#CCC1(n2cc(-c3nc(Nc4ccc(C(=O)NCCCN5CCN(c6ccc(N7CCC(=O)NC7=O)cc6)CC5)cc4)nc4[nH]ccc34)cn2)CN(S(=O)O)C1. The molecule has 294 valence electrons. The van der Waals surface area contributed by atoms with Crippen molar-refractivity contribution in [1.29, 1.82) is 5.26 Å². The first-order chi connectivity index (χ1) is 27.7. The predicted octanol–water partition coefficient (Wildman–Crippen LogP) is 3.01. The van der Waals surface area contributed by atoms with Crippen molar-refractivity contribution in [3.63, 3.8) is 0 Å². The number of benzene rings is 2. The van der Waals surface area contributed by atoms with Crippen LogP contribution in [0.2, 0.25) is 0 Å². The molecule has 5 aromatic rings. The van der Waals surface area contributed by atoms with Crippen LogP contribution in [-0.2, 0) is 21.6 Å². The molecular formula is C38H41N13O5S. The molecule has 57 heavy (non-hydrogen) atoms. The van der Waals surface area contributed by atoms with Crippen molar-refractivity contribution in [3.8, 4) is 17.3 Å². The summed E-state index contributed by atoms with van der Waals surface area (Å²) in [5.74, 6) is -0.0616. The van der Waals surface area contributed by atoms with Gasteiger partial charge in [0, 0.05) is 105 Å². The van der Waals surface area contributed by atoms with Crippen LogP contribution < -0.4 is 25.8 Å². The third-order valence-electron chi connectivity index (χ3n) is 10.6. The molecule has 3 aliphatic heterocycles. The van der Waals surface area contributed by atoms with E-state index in [2.05, 4.69) is 46.9 Å². The lowest BCUT2D eigenvalue weighted by atomic mass is 9.89. The maximum absolute atomic E-state index is 13.0. The lowest BCUT2D eigenvalue weighted by Crippen LogP contribution is -2.62. The van der Waals surface area contributed by atoms with Crippen LogP contribution in [0.25, 0.3) is 22.3 Å². The number of nitrogens with one attached hydrogen (secondary N) is 4. The van der Waals surface area contributed by atoms with E-state index in [1.54, 1.807) is 52.4 Å². The van der Waals surface area contributed by atoms with Gasteiger partial charge in [-0.1, -0.05) is 0 Å². The summed E-state index contributed by atoms with van der Waals surface area (Å²) in [6, 6.07) is 18.6. The summed E-state index contributed by atoms with van der Waals surface area (Å²) in [4.78, 5) is 55.4. The van der Waals surface area contributed by atoms with Gasteiger partial charge < -0.3 is 20.5 Å². The first-order valence-corrected chi connectivity index (χ1v) is 19.7. The fourth-order valence-corrected chi connectivity index (χ4v) is 8.15. The number of nitriles is 1. The minimum Gasteiger partial charge on any atom is -0.369 e. The zero-order valence-electron chi connectivity index (χ0n) is 30.9. The molecule has 2 aromatic carbocycles. The number of aromatic amines is 1. The molecule has 6 heterocycles. The van der Waals surface area contributed by atoms with Gasteiger partial charge in [-0.25, -0.2) is 14.0 Å². The summed E-state index contributed by atoms with van der Waals surface area (Å²) in [6.07, 6.45) is 6.49. The van der Waals surface area contributed by atoms with E-state index in [0.29, 0.717) is 53.6 Å². The normalized spacial score (nSPS) is 17.8. The maximum atomic E-state index is 13.0. The zero-order chi connectivity index (χ0) is 39.5. The summed E-state index contributed by atoms with van der Waals surface area (Å²) >= 11 is -2.12. The standard InChI is InChI=1S/C38H41N13O5S/c39-13-12-38(24-49(25-38)57(55)56)51-23-27(22-42-51)33-31-10-15-40-34(31)46-36(45-33)43-28-4-2-26(3-5-28)35(53)41-14-1-16-47-18-20-48(21-19-47)29-6-8-30(9-7-29)50-17-11-32(52)44-37(50)54/h2-10,15,22-23H,1,11-12,14,16-21,24-25H2,(H,41,53)(H,55,56)(H,44,52,54)(H2,40,43,45,46). The Morgan fingerprint density at radius 1 is 0.982 bits per heavy atom. The van der Waals surface area contributed by atoms with Gasteiger partial charge in [-0.3, -0.25) is 33.9 Å². The van der Waals surface area contributed by atoms with Gasteiger partial charge in [0.05, 0.1) is 24.4 Å². The van der Waals surface area contributed by atoms with E-state index in [-0.39, 0.29) is 37.4 Å². The van der Waals surface area contributed by atoms with Crippen LogP contribution >= 0.6 is 0 Å². The molecule has 3 saturated heterocycles. The molecule has 0 spiro atoms. The van der Waals surface area contributed by atoms with Gasteiger partial charge in [0.15, 0.2) is 0 Å². The lowest BCUT2D eigenvalue weighted by molar-refractivity contribution is -0.120. The van der Waals surface area contributed by atoms with E-state index in [1.165, 1.54) is 4.31 Å². The highest BCUT2D eigenvalue weighted by Crippen LogP contribution is 2.35. The van der Waals surface area contributed by atoms with Crippen molar-refractivity contribution in [2.24, 2.45) is 0 Å². The van der Waals surface area contributed by atoms with Gasteiger partial charge in [-0.05, 0) is 67.6 Å². The average molecular weight is 792 g/mol. The Balaban J connectivity index is 0.806. The topological polar surface area (TPSA) is 221 Å². The van der Waals surface area contributed by atoms with Crippen LogP contribution in [-0.4, -0.2) is 119 Å². The van der Waals surface area contributed by atoms with Gasteiger partial charge in [-0.2, -0.15) is 19.6 Å². The number of rotatable bonds is 13. The van der Waals surface area contributed by atoms with Crippen molar-refractivity contribution in [2.45, 2.75) is 24.8 Å². The monoisotopic (exact) mass is 791 g/mol. The largest absolute Gasteiger partial charge is 0.369 e. The Kier molecular flexibility index (Phi) is 10.7. The average Bonchev–Trinajstić information content (AvgIpc) is 3.89. The predicted molar refractivity (Wildman–Crippen MR) is 213 cm³/mol. The molecule has 5 N–H and O–H groups in total. The maximum Gasteiger partial charge on any atom is 0.328 e. The second kappa shape index (κ2) is 16.1. The Labute approximate surface area is 330 Å². The van der Waals surface area contributed by atoms with Crippen molar-refractivity contribution >= 4 is 63.2 Å². The molecule has 0 saturated carbocycles. The second-order valence-electron chi connectivity index (χ2n) is 14.3.